The number of benzene rings is 1. The van der Waals surface area contributed by atoms with Gasteiger partial charge in [0.15, 0.2) is 0 Å². The van der Waals surface area contributed by atoms with Crippen LogP contribution in [-0.4, -0.2) is 68.8 Å². The molecule has 154 valence electrons. The lowest BCUT2D eigenvalue weighted by atomic mass is 9.78. The monoisotopic (exact) mass is 389 g/mol. The van der Waals surface area contributed by atoms with Crippen LogP contribution in [-0.2, 0) is 14.3 Å². The van der Waals surface area contributed by atoms with E-state index in [0.29, 0.717) is 30.9 Å². The predicted molar refractivity (Wildman–Crippen MR) is 107 cm³/mol. The van der Waals surface area contributed by atoms with Crippen LogP contribution in [0.5, 0.6) is 0 Å². The Morgan fingerprint density at radius 3 is 2.36 bits per heavy atom. The van der Waals surface area contributed by atoms with Crippen molar-refractivity contribution in [2.75, 3.05) is 45.2 Å². The number of morpholine rings is 1. The van der Waals surface area contributed by atoms with Gasteiger partial charge in [-0.1, -0.05) is 0 Å². The third-order valence-corrected chi connectivity index (χ3v) is 5.56. The molecule has 2 heterocycles. The van der Waals surface area contributed by atoms with E-state index in [4.69, 9.17) is 9.47 Å². The van der Waals surface area contributed by atoms with Crippen LogP contribution in [0.15, 0.2) is 24.3 Å². The Hall–Kier alpha value is -1.96. The Labute approximate surface area is 166 Å². The van der Waals surface area contributed by atoms with E-state index in [1.807, 2.05) is 18.7 Å². The first-order chi connectivity index (χ1) is 13.4. The summed E-state index contributed by atoms with van der Waals surface area (Å²) in [6, 6.07) is 7.13. The van der Waals surface area contributed by atoms with Crippen molar-refractivity contribution in [3.63, 3.8) is 0 Å². The smallest absolute Gasteiger partial charge is 0.254 e. The number of carbonyl (C=O) groups is 2. The molecule has 3 rings (SSSR count). The molecular formula is C21H31N3O4. The summed E-state index contributed by atoms with van der Waals surface area (Å²) >= 11 is 0. The van der Waals surface area contributed by atoms with Gasteiger partial charge >= 0.3 is 0 Å². The number of hydrogen-bond acceptors (Lipinski definition) is 5. The molecule has 2 unspecified atom stereocenters. The van der Waals surface area contributed by atoms with Gasteiger partial charge in [0.1, 0.15) is 0 Å². The van der Waals surface area contributed by atoms with Crippen molar-refractivity contribution in [3.8, 4) is 0 Å². The Morgan fingerprint density at radius 1 is 1.18 bits per heavy atom. The second-order valence-electron chi connectivity index (χ2n) is 7.96. The van der Waals surface area contributed by atoms with Crippen LogP contribution < -0.4 is 10.6 Å². The number of methoxy groups -OCH3 is 1. The van der Waals surface area contributed by atoms with E-state index in [0.717, 1.165) is 25.9 Å². The summed E-state index contributed by atoms with van der Waals surface area (Å²) in [5, 5.41) is 6.29. The summed E-state index contributed by atoms with van der Waals surface area (Å²) in [6.45, 7) is 7.16. The van der Waals surface area contributed by atoms with Crippen LogP contribution in [0, 0.1) is 5.41 Å². The lowest BCUT2D eigenvalue weighted by Gasteiger charge is -2.35. The first kappa shape index (κ1) is 20.8. The average Bonchev–Trinajstić information content (AvgIpc) is 2.68. The van der Waals surface area contributed by atoms with Crippen molar-refractivity contribution < 1.29 is 19.1 Å². The molecule has 0 bridgehead atoms. The maximum absolute atomic E-state index is 12.9. The average molecular weight is 389 g/mol. The van der Waals surface area contributed by atoms with Gasteiger partial charge in [-0.25, -0.2) is 0 Å². The van der Waals surface area contributed by atoms with Gasteiger partial charge in [-0.3, -0.25) is 9.59 Å². The van der Waals surface area contributed by atoms with Gasteiger partial charge in [-0.05, 0) is 64.0 Å². The molecule has 1 aromatic carbocycles. The normalized spacial score (nSPS) is 24.6. The molecular weight excluding hydrogens is 358 g/mol. The van der Waals surface area contributed by atoms with Crippen molar-refractivity contribution in [1.29, 1.82) is 0 Å². The highest BCUT2D eigenvalue weighted by atomic mass is 16.5. The molecule has 0 spiro atoms. The van der Waals surface area contributed by atoms with Gasteiger partial charge < -0.3 is 25.0 Å². The van der Waals surface area contributed by atoms with Crippen LogP contribution >= 0.6 is 0 Å². The van der Waals surface area contributed by atoms with Crippen molar-refractivity contribution in [3.05, 3.63) is 29.8 Å². The maximum atomic E-state index is 12.9. The molecule has 0 radical (unpaired) electrons. The molecule has 1 aromatic rings. The minimum Gasteiger partial charge on any atom is -0.384 e. The Balaban J connectivity index is 1.65. The third kappa shape index (κ3) is 4.71. The minimum absolute atomic E-state index is 0.00548. The third-order valence-electron chi connectivity index (χ3n) is 5.56. The number of ether oxygens (including phenoxy) is 2. The molecule has 7 nitrogen and oxygen atoms in total. The first-order valence-electron chi connectivity index (χ1n) is 9.99. The number of rotatable bonds is 5. The molecule has 28 heavy (non-hydrogen) atoms. The van der Waals surface area contributed by atoms with Crippen molar-refractivity contribution >= 4 is 17.5 Å². The summed E-state index contributed by atoms with van der Waals surface area (Å²) in [5.41, 5.74) is 0.807. The fraction of sp³-hybridized carbons (Fsp3) is 0.619. The molecule has 2 aliphatic rings. The standard InChI is InChI=1S/C21H31N3O4/c1-15-12-24(13-16(2)28-15)19(25)17-4-6-18(7-5-17)23-20(26)21(14-27-3)8-10-22-11-9-21/h4-7,15-16,22H,8-14H2,1-3H3,(H,23,26). The zero-order valence-electron chi connectivity index (χ0n) is 17.0. The van der Waals surface area contributed by atoms with Crippen molar-refractivity contribution in [1.82, 2.24) is 10.2 Å². The SMILES string of the molecule is COCC1(C(=O)Nc2ccc(C(=O)N3CC(C)OC(C)C3)cc2)CCNCC1. The van der Waals surface area contributed by atoms with Gasteiger partial charge in [-0.2, -0.15) is 0 Å². The second-order valence-corrected chi connectivity index (χ2v) is 7.96. The summed E-state index contributed by atoms with van der Waals surface area (Å²) in [4.78, 5) is 27.5. The van der Waals surface area contributed by atoms with Crippen LogP contribution in [0.4, 0.5) is 5.69 Å². The van der Waals surface area contributed by atoms with Gasteiger partial charge in [0.25, 0.3) is 5.91 Å². The fourth-order valence-electron chi connectivity index (χ4n) is 4.10. The number of nitrogens with zero attached hydrogens (tertiary/aromatic N) is 1. The van der Waals surface area contributed by atoms with Crippen LogP contribution in [0.1, 0.15) is 37.0 Å². The van der Waals surface area contributed by atoms with E-state index in [2.05, 4.69) is 10.6 Å². The van der Waals surface area contributed by atoms with Crippen LogP contribution in [0.3, 0.4) is 0 Å². The second kappa shape index (κ2) is 9.03. The highest BCUT2D eigenvalue weighted by Crippen LogP contribution is 2.31. The molecule has 0 saturated carbocycles. The van der Waals surface area contributed by atoms with Gasteiger partial charge in [0.2, 0.25) is 5.91 Å². The number of hydrogen-bond donors (Lipinski definition) is 2. The number of carbonyl (C=O) groups excluding carboxylic acids is 2. The highest BCUT2D eigenvalue weighted by Gasteiger charge is 2.39. The van der Waals surface area contributed by atoms with E-state index in [1.165, 1.54) is 0 Å². The lowest BCUT2D eigenvalue weighted by Crippen LogP contribution is -2.48. The molecule has 2 atom stereocenters. The van der Waals surface area contributed by atoms with Crippen LogP contribution in [0.25, 0.3) is 0 Å². The number of anilines is 1. The van der Waals surface area contributed by atoms with E-state index in [1.54, 1.807) is 31.4 Å². The molecule has 7 heteroatoms. The first-order valence-corrected chi connectivity index (χ1v) is 9.99. The lowest BCUT2D eigenvalue weighted by molar-refractivity contribution is -0.130. The Kier molecular flexibility index (Phi) is 6.69. The molecule has 0 aliphatic carbocycles. The number of amides is 2. The van der Waals surface area contributed by atoms with Crippen molar-refractivity contribution in [2.24, 2.45) is 5.41 Å². The van der Waals surface area contributed by atoms with Gasteiger partial charge in [-0.15, -0.1) is 0 Å². The maximum Gasteiger partial charge on any atom is 0.254 e. The highest BCUT2D eigenvalue weighted by molar-refractivity contribution is 5.97. The van der Waals surface area contributed by atoms with Crippen molar-refractivity contribution in [2.45, 2.75) is 38.9 Å². The zero-order chi connectivity index (χ0) is 20.1. The van der Waals surface area contributed by atoms with E-state index in [-0.39, 0.29) is 24.0 Å². The molecule has 2 N–H and O–H groups in total. The molecule has 0 aromatic heterocycles. The van der Waals surface area contributed by atoms with E-state index >= 15 is 0 Å². The van der Waals surface area contributed by atoms with Gasteiger partial charge in [0, 0.05) is 31.5 Å². The predicted octanol–water partition coefficient (Wildman–Crippen LogP) is 1.89. The number of nitrogens with one attached hydrogen (secondary N) is 2. The largest absolute Gasteiger partial charge is 0.384 e. The summed E-state index contributed by atoms with van der Waals surface area (Å²) in [6.07, 6.45) is 1.56. The van der Waals surface area contributed by atoms with Gasteiger partial charge in [0.05, 0.1) is 24.2 Å². The molecule has 2 amide bonds. The Morgan fingerprint density at radius 2 is 1.79 bits per heavy atom. The molecule has 2 saturated heterocycles. The summed E-state index contributed by atoms with van der Waals surface area (Å²) < 4.78 is 11.0. The fourth-order valence-corrected chi connectivity index (χ4v) is 4.10. The quantitative estimate of drug-likeness (QED) is 0.804. The van der Waals surface area contributed by atoms with Crippen LogP contribution in [0.2, 0.25) is 0 Å². The molecule has 2 fully saturated rings. The number of piperidine rings is 1. The molecule has 2 aliphatic heterocycles. The minimum atomic E-state index is -0.505. The van der Waals surface area contributed by atoms with E-state index < -0.39 is 5.41 Å². The zero-order valence-corrected chi connectivity index (χ0v) is 17.0. The van der Waals surface area contributed by atoms with E-state index in [9.17, 15) is 9.59 Å². The summed E-state index contributed by atoms with van der Waals surface area (Å²) in [7, 11) is 1.63. The summed E-state index contributed by atoms with van der Waals surface area (Å²) in [5.74, 6) is -0.0279. The Bertz CT molecular complexity index is 670. The topological polar surface area (TPSA) is 79.9 Å².